The van der Waals surface area contributed by atoms with Gasteiger partial charge in [0.1, 0.15) is 24.2 Å². The maximum Gasteiger partial charge on any atom is 0.315 e. The van der Waals surface area contributed by atoms with Crippen LogP contribution in [0.15, 0.2) is 17.5 Å². The largest absolute Gasteiger partial charge is 0.370 e. The summed E-state index contributed by atoms with van der Waals surface area (Å²) in [6.45, 7) is 17.0. The van der Waals surface area contributed by atoms with E-state index in [0.717, 1.165) is 0 Å². The van der Waals surface area contributed by atoms with Gasteiger partial charge < -0.3 is 86.8 Å². The minimum Gasteiger partial charge on any atom is -0.370 e. The van der Waals surface area contributed by atoms with Crippen molar-refractivity contribution in [1.29, 1.82) is 0 Å². The Morgan fingerprint density at radius 3 is 1.70 bits per heavy atom. The molecule has 21 N–H and O–H groups in total. The van der Waals surface area contributed by atoms with Gasteiger partial charge in [-0.15, -0.1) is 0 Å². The van der Waals surface area contributed by atoms with Crippen molar-refractivity contribution in [2.24, 2.45) is 57.3 Å². The molecule has 26 heteroatoms. The van der Waals surface area contributed by atoms with Crippen LogP contribution in [0.4, 0.5) is 9.59 Å². The van der Waals surface area contributed by atoms with Gasteiger partial charge in [0, 0.05) is 62.6 Å². The number of aromatic nitrogens is 2. The molecule has 1 aromatic rings. The molecule has 0 spiro atoms. The number of guanidine groups is 1. The highest BCUT2D eigenvalue weighted by Gasteiger charge is 2.35. The number of H-pyrrole nitrogens is 1. The molecule has 0 aromatic carbocycles. The van der Waals surface area contributed by atoms with Crippen molar-refractivity contribution in [3.8, 4) is 0 Å². The number of aromatic amines is 1. The fourth-order valence-corrected chi connectivity index (χ4v) is 8.39. The van der Waals surface area contributed by atoms with E-state index in [9.17, 15) is 38.4 Å². The number of nitrogens with one attached hydrogen (secondary N) is 11. The van der Waals surface area contributed by atoms with Gasteiger partial charge in [-0.25, -0.2) is 14.6 Å². The van der Waals surface area contributed by atoms with E-state index in [0.29, 0.717) is 83.0 Å². The molecule has 0 radical (unpaired) electrons. The summed E-state index contributed by atoms with van der Waals surface area (Å²) in [6, 6.07) is -7.70. The summed E-state index contributed by atoms with van der Waals surface area (Å²) >= 11 is 0. The minimum absolute atomic E-state index is 0.00841. The number of carbonyl (C=O) groups is 8. The van der Waals surface area contributed by atoms with Gasteiger partial charge in [0.05, 0.1) is 12.4 Å². The molecule has 1 aromatic heterocycles. The highest BCUT2D eigenvalue weighted by molar-refractivity contribution is 5.96. The average Bonchev–Trinajstić information content (AvgIpc) is 3.88. The molecule has 0 bridgehead atoms. The van der Waals surface area contributed by atoms with E-state index in [1.54, 1.807) is 6.92 Å². The number of nitrogens with two attached hydrogens (primary N) is 5. The van der Waals surface area contributed by atoms with Gasteiger partial charge in [-0.2, -0.15) is 0 Å². The molecule has 0 aliphatic carbocycles. The molecule has 1 rings (SSSR count). The Morgan fingerprint density at radius 2 is 1.16 bits per heavy atom. The molecule has 10 amide bonds. The molecule has 0 aliphatic rings. The molecule has 0 unspecified atom stereocenters. The monoisotopic (exact) mass is 1090 g/mol. The molecular weight excluding hydrogens is 993 g/mol. The van der Waals surface area contributed by atoms with E-state index >= 15 is 0 Å². The number of urea groups is 2. The minimum atomic E-state index is -1.18. The zero-order chi connectivity index (χ0) is 57.9. The lowest BCUT2D eigenvalue weighted by atomic mass is 9.96. The quantitative estimate of drug-likeness (QED) is 0.0167. The Kier molecular flexibility index (Phi) is 34.9. The van der Waals surface area contributed by atoms with E-state index in [4.69, 9.17) is 28.7 Å². The molecule has 0 aliphatic heterocycles. The summed E-state index contributed by atoms with van der Waals surface area (Å²) in [5.74, 6) is -3.14. The third kappa shape index (κ3) is 30.9. The number of nitrogens with zero attached hydrogens (tertiary/aromatic N) is 2. The van der Waals surface area contributed by atoms with E-state index in [1.807, 2.05) is 48.5 Å². The molecule has 0 saturated heterocycles. The molecule has 0 fully saturated rings. The lowest BCUT2D eigenvalue weighted by Gasteiger charge is -2.30. The molecule has 0 saturated carbocycles. The Balaban J connectivity index is 3.27. The molecule has 1 heterocycles. The van der Waals surface area contributed by atoms with Gasteiger partial charge in [-0.05, 0) is 101 Å². The van der Waals surface area contributed by atoms with E-state index in [-0.39, 0.29) is 81.6 Å². The molecule has 440 valence electrons. The van der Waals surface area contributed by atoms with Crippen LogP contribution in [0, 0.1) is 23.7 Å². The Hall–Kier alpha value is -6.28. The highest BCUT2D eigenvalue weighted by atomic mass is 16.2. The first-order valence-corrected chi connectivity index (χ1v) is 27.5. The summed E-state index contributed by atoms with van der Waals surface area (Å²) in [7, 11) is 0. The second-order valence-corrected chi connectivity index (χ2v) is 21.2. The van der Waals surface area contributed by atoms with Crippen molar-refractivity contribution in [3.63, 3.8) is 0 Å². The summed E-state index contributed by atoms with van der Waals surface area (Å²) in [6.07, 6.45) is 8.98. The third-order valence-corrected chi connectivity index (χ3v) is 12.6. The van der Waals surface area contributed by atoms with Gasteiger partial charge in [0.25, 0.3) is 0 Å². The Bertz CT molecular complexity index is 1920. The number of imidazole rings is 1. The molecule has 26 nitrogen and oxygen atoms in total. The van der Waals surface area contributed by atoms with Crippen molar-refractivity contribution in [3.05, 3.63) is 18.2 Å². The maximum atomic E-state index is 14.4. The fraction of sp³-hybridized carbons (Fsp3) is 0.765. The summed E-state index contributed by atoms with van der Waals surface area (Å²) in [5.41, 5.74) is 29.1. The smallest absolute Gasteiger partial charge is 0.315 e. The summed E-state index contributed by atoms with van der Waals surface area (Å²) < 4.78 is 0. The van der Waals surface area contributed by atoms with Crippen LogP contribution in [0.1, 0.15) is 138 Å². The lowest BCUT2D eigenvalue weighted by Crippen LogP contribution is -2.60. The van der Waals surface area contributed by atoms with Crippen molar-refractivity contribution >= 4 is 54.0 Å². The third-order valence-electron chi connectivity index (χ3n) is 12.6. The predicted octanol–water partition coefficient (Wildman–Crippen LogP) is -0.719. The van der Waals surface area contributed by atoms with Crippen LogP contribution < -0.4 is 81.8 Å². The zero-order valence-corrected chi connectivity index (χ0v) is 47.1. The first kappa shape index (κ1) is 68.7. The first-order valence-electron chi connectivity index (χ1n) is 27.5. The van der Waals surface area contributed by atoms with Crippen LogP contribution in [0.5, 0.6) is 0 Å². The normalized spacial score (nSPS) is 14.8. The lowest BCUT2D eigenvalue weighted by molar-refractivity contribution is -0.135. The second-order valence-electron chi connectivity index (χ2n) is 21.2. The standard InChI is InChI=1S/C51H98N18O8/c1-9-34(8)43(69-45(72)40(17-11-13-19-53)66-47(74)42(24-36-25-57-29-62-36)67-44(71)39(54)16-14-20-59-49(55)56)48(75)68-41(23-33(6)7)46(73)63-35(15-10-12-18-52)27-60-50(76)61-28-38(22-32(4)5)65-51(77)64-37(21-31(2)3)26-58-30-70/h25,29-35,37-43H,9-24,26-28,52-54H2,1-8H3,(H,57,62)(H,58,70)(H,63,73)(H,66,74)(H,67,71)(H,68,75)(H,69,72)(H4,55,56,59)(H2,60,61,76)(H2,64,65,77)/t34-,35-,37-,38+,39-,40-,41-,42-,43-/m0/s1. The van der Waals surface area contributed by atoms with Crippen LogP contribution >= 0.6 is 0 Å². The van der Waals surface area contributed by atoms with Crippen molar-refractivity contribution in [2.45, 2.75) is 187 Å². The zero-order valence-electron chi connectivity index (χ0n) is 47.1. The number of unbranched alkanes of at least 4 members (excludes halogenated alkanes) is 2. The molecular formula is C51H98N18O8. The first-order chi connectivity index (χ1) is 36.5. The molecule has 77 heavy (non-hydrogen) atoms. The van der Waals surface area contributed by atoms with Crippen molar-refractivity contribution in [1.82, 2.24) is 63.1 Å². The van der Waals surface area contributed by atoms with Gasteiger partial charge in [0.15, 0.2) is 5.96 Å². The summed E-state index contributed by atoms with van der Waals surface area (Å²) in [4.78, 5) is 118. The van der Waals surface area contributed by atoms with Gasteiger partial charge in [-0.1, -0.05) is 68.2 Å². The van der Waals surface area contributed by atoms with E-state index in [2.05, 4.69) is 68.1 Å². The average molecular weight is 1090 g/mol. The van der Waals surface area contributed by atoms with Gasteiger partial charge in [-0.3, -0.25) is 33.8 Å². The van der Waals surface area contributed by atoms with E-state index < -0.39 is 89.8 Å². The number of aliphatic imine (C=N–C) groups is 1. The van der Waals surface area contributed by atoms with Crippen LogP contribution in [-0.4, -0.2) is 152 Å². The maximum absolute atomic E-state index is 14.4. The van der Waals surface area contributed by atoms with Crippen LogP contribution in [-0.2, 0) is 35.2 Å². The number of rotatable bonds is 41. The fourth-order valence-electron chi connectivity index (χ4n) is 8.39. The van der Waals surface area contributed by atoms with Crippen LogP contribution in [0.25, 0.3) is 0 Å². The molecule has 9 atom stereocenters. The van der Waals surface area contributed by atoms with Gasteiger partial charge >= 0.3 is 12.1 Å². The van der Waals surface area contributed by atoms with Crippen LogP contribution in [0.2, 0.25) is 0 Å². The Labute approximate surface area is 456 Å². The van der Waals surface area contributed by atoms with Crippen molar-refractivity contribution < 1.29 is 38.4 Å². The topological polar surface area (TPSA) is 428 Å². The SMILES string of the molecule is CC[C@H](C)[C@H](NC(=O)[C@H](CCCCN)NC(=O)[C@H](Cc1cnc[nH]1)NC(=O)[C@@H](N)CCCN=C(N)N)C(=O)N[C@@H](CC(C)C)C(=O)N[C@@H](CCCCN)CNC(=O)NC[C@@H](CC(C)C)NC(=O)N[C@H](CNC=O)CC(C)C. The number of carbonyl (C=O) groups excluding carboxylic acids is 8. The Morgan fingerprint density at radius 1 is 0.610 bits per heavy atom. The highest BCUT2D eigenvalue weighted by Crippen LogP contribution is 2.14. The number of amides is 10. The summed E-state index contributed by atoms with van der Waals surface area (Å²) in [5, 5.41) is 28.5. The van der Waals surface area contributed by atoms with Crippen molar-refractivity contribution in [2.75, 3.05) is 39.3 Å². The number of hydrogen-bond donors (Lipinski definition) is 16. The van der Waals surface area contributed by atoms with Crippen LogP contribution in [0.3, 0.4) is 0 Å². The second kappa shape index (κ2) is 39.1. The van der Waals surface area contributed by atoms with E-state index in [1.165, 1.54) is 12.5 Å². The number of hydrogen-bond acceptors (Lipinski definition) is 13. The van der Waals surface area contributed by atoms with Gasteiger partial charge in [0.2, 0.25) is 35.9 Å². The predicted molar refractivity (Wildman–Crippen MR) is 298 cm³/mol.